The number of hydrogen-bond acceptors (Lipinski definition) is 2. The van der Waals surface area contributed by atoms with E-state index in [9.17, 15) is 4.79 Å². The van der Waals surface area contributed by atoms with Gasteiger partial charge in [-0.05, 0) is 36.2 Å². The summed E-state index contributed by atoms with van der Waals surface area (Å²) in [4.78, 5) is 12.0. The number of aryl methyl sites for hydroxylation is 1. The van der Waals surface area contributed by atoms with Gasteiger partial charge in [-0.15, -0.1) is 0 Å². The van der Waals surface area contributed by atoms with Crippen molar-refractivity contribution in [1.82, 2.24) is 0 Å². The molecular formula is C16H12ClNO. The fourth-order valence-electron chi connectivity index (χ4n) is 1.82. The van der Waals surface area contributed by atoms with Crippen molar-refractivity contribution in [2.75, 3.05) is 0 Å². The molecule has 0 aliphatic heterocycles. The number of rotatable bonds is 4. The van der Waals surface area contributed by atoms with E-state index in [1.165, 1.54) is 0 Å². The van der Waals surface area contributed by atoms with Gasteiger partial charge in [0.2, 0.25) is 0 Å². The number of Topliss-reactive ketones (excluding diaryl/α,β-unsaturated/α-hetero) is 1. The van der Waals surface area contributed by atoms with Crippen LogP contribution >= 0.6 is 11.6 Å². The topological polar surface area (TPSA) is 40.9 Å². The molecule has 19 heavy (non-hydrogen) atoms. The molecule has 2 aromatic carbocycles. The molecule has 0 spiro atoms. The van der Waals surface area contributed by atoms with Crippen molar-refractivity contribution in [2.45, 2.75) is 12.8 Å². The van der Waals surface area contributed by atoms with Gasteiger partial charge < -0.3 is 0 Å². The van der Waals surface area contributed by atoms with Gasteiger partial charge in [-0.1, -0.05) is 35.9 Å². The fourth-order valence-corrected chi connectivity index (χ4v) is 1.94. The first-order chi connectivity index (χ1) is 9.19. The molecule has 94 valence electrons. The third-order valence-corrected chi connectivity index (χ3v) is 3.12. The average Bonchev–Trinajstić information content (AvgIpc) is 2.46. The van der Waals surface area contributed by atoms with E-state index in [4.69, 9.17) is 16.9 Å². The summed E-state index contributed by atoms with van der Waals surface area (Å²) >= 11 is 5.81. The zero-order valence-electron chi connectivity index (χ0n) is 10.3. The second kappa shape index (κ2) is 6.17. The molecular weight excluding hydrogens is 258 g/mol. The molecule has 2 nitrogen and oxygen atoms in total. The Labute approximate surface area is 117 Å². The van der Waals surface area contributed by atoms with Crippen LogP contribution in [0, 0.1) is 11.3 Å². The van der Waals surface area contributed by atoms with Crippen molar-refractivity contribution in [3.05, 3.63) is 70.2 Å². The summed E-state index contributed by atoms with van der Waals surface area (Å²) in [5, 5.41) is 9.50. The fraction of sp³-hybridized carbons (Fsp3) is 0.125. The smallest absolute Gasteiger partial charge is 0.163 e. The molecule has 2 aromatic rings. The summed E-state index contributed by atoms with van der Waals surface area (Å²) in [5.41, 5.74) is 2.18. The zero-order chi connectivity index (χ0) is 13.7. The minimum atomic E-state index is 0.0482. The highest BCUT2D eigenvalue weighted by molar-refractivity contribution is 6.30. The molecule has 0 atom stereocenters. The molecule has 0 N–H and O–H groups in total. The summed E-state index contributed by atoms with van der Waals surface area (Å²) in [5.74, 6) is 0.0482. The normalized spacial score (nSPS) is 9.89. The summed E-state index contributed by atoms with van der Waals surface area (Å²) in [6.45, 7) is 0. The lowest BCUT2D eigenvalue weighted by molar-refractivity contribution is 0.0983. The van der Waals surface area contributed by atoms with Crippen molar-refractivity contribution in [1.29, 1.82) is 5.26 Å². The second-order valence-corrected chi connectivity index (χ2v) is 4.68. The number of benzene rings is 2. The lowest BCUT2D eigenvalue weighted by Gasteiger charge is -2.02. The van der Waals surface area contributed by atoms with Gasteiger partial charge in [-0.2, -0.15) is 5.26 Å². The van der Waals surface area contributed by atoms with Gasteiger partial charge in [0.05, 0.1) is 11.6 Å². The van der Waals surface area contributed by atoms with E-state index in [2.05, 4.69) is 0 Å². The van der Waals surface area contributed by atoms with Crippen LogP contribution in [-0.4, -0.2) is 5.78 Å². The van der Waals surface area contributed by atoms with Crippen LogP contribution in [0.3, 0.4) is 0 Å². The van der Waals surface area contributed by atoms with E-state index in [1.807, 2.05) is 30.3 Å². The number of carbonyl (C=O) groups excluding carboxylic acids is 1. The standard InChI is InChI=1S/C16H12ClNO/c17-15-7-4-12(5-8-15)6-9-16(19)14-3-1-2-13(10-14)11-18/h1-5,7-8,10H,6,9H2. The lowest BCUT2D eigenvalue weighted by Crippen LogP contribution is -2.01. The third-order valence-electron chi connectivity index (χ3n) is 2.87. The minimum absolute atomic E-state index is 0.0482. The Morgan fingerprint density at radius 3 is 2.58 bits per heavy atom. The molecule has 0 amide bonds. The predicted octanol–water partition coefficient (Wildman–Crippen LogP) is 4.03. The SMILES string of the molecule is N#Cc1cccc(C(=O)CCc2ccc(Cl)cc2)c1. The average molecular weight is 270 g/mol. The van der Waals surface area contributed by atoms with E-state index in [-0.39, 0.29) is 5.78 Å². The van der Waals surface area contributed by atoms with Crippen molar-refractivity contribution in [2.24, 2.45) is 0 Å². The summed E-state index contributed by atoms with van der Waals surface area (Å²) in [7, 11) is 0. The molecule has 0 fully saturated rings. The molecule has 0 unspecified atom stereocenters. The number of halogens is 1. The molecule has 0 saturated heterocycles. The maximum atomic E-state index is 12.0. The Morgan fingerprint density at radius 1 is 1.16 bits per heavy atom. The zero-order valence-corrected chi connectivity index (χ0v) is 11.0. The van der Waals surface area contributed by atoms with Crippen molar-refractivity contribution < 1.29 is 4.79 Å². The van der Waals surface area contributed by atoms with Crippen LogP contribution in [0.5, 0.6) is 0 Å². The lowest BCUT2D eigenvalue weighted by atomic mass is 10.0. The van der Waals surface area contributed by atoms with Gasteiger partial charge in [-0.25, -0.2) is 0 Å². The number of nitrogens with zero attached hydrogens (tertiary/aromatic N) is 1. The van der Waals surface area contributed by atoms with Crippen LogP contribution in [0.15, 0.2) is 48.5 Å². The molecule has 0 saturated carbocycles. The van der Waals surface area contributed by atoms with Crippen LogP contribution in [0.4, 0.5) is 0 Å². The van der Waals surface area contributed by atoms with Gasteiger partial charge in [0.25, 0.3) is 0 Å². The second-order valence-electron chi connectivity index (χ2n) is 4.24. The van der Waals surface area contributed by atoms with Gasteiger partial charge in [-0.3, -0.25) is 4.79 Å². The number of hydrogen-bond donors (Lipinski definition) is 0. The van der Waals surface area contributed by atoms with Crippen LogP contribution in [0.2, 0.25) is 5.02 Å². The first-order valence-electron chi connectivity index (χ1n) is 5.97. The number of ketones is 1. The van der Waals surface area contributed by atoms with E-state index in [0.29, 0.717) is 29.0 Å². The Balaban J connectivity index is 2.01. The molecule has 0 heterocycles. The summed E-state index contributed by atoms with van der Waals surface area (Å²) in [6.07, 6.45) is 1.10. The van der Waals surface area contributed by atoms with Gasteiger partial charge in [0.15, 0.2) is 5.78 Å². The molecule has 0 radical (unpaired) electrons. The molecule has 2 rings (SSSR count). The highest BCUT2D eigenvalue weighted by atomic mass is 35.5. The first kappa shape index (κ1) is 13.3. The van der Waals surface area contributed by atoms with Crippen molar-refractivity contribution in [3.63, 3.8) is 0 Å². The molecule has 3 heteroatoms. The Bertz CT molecular complexity index is 626. The number of nitriles is 1. The number of carbonyl (C=O) groups is 1. The molecule has 0 bridgehead atoms. The van der Waals surface area contributed by atoms with Crippen LogP contribution < -0.4 is 0 Å². The van der Waals surface area contributed by atoms with Gasteiger partial charge >= 0.3 is 0 Å². The molecule has 0 aliphatic carbocycles. The van der Waals surface area contributed by atoms with Gasteiger partial charge in [0, 0.05) is 17.0 Å². The van der Waals surface area contributed by atoms with E-state index < -0.39 is 0 Å². The Kier molecular flexibility index (Phi) is 4.33. The van der Waals surface area contributed by atoms with Crippen LogP contribution in [0.25, 0.3) is 0 Å². The maximum absolute atomic E-state index is 12.0. The summed E-state index contributed by atoms with van der Waals surface area (Å²) < 4.78 is 0. The highest BCUT2D eigenvalue weighted by Gasteiger charge is 2.07. The van der Waals surface area contributed by atoms with E-state index >= 15 is 0 Å². The minimum Gasteiger partial charge on any atom is -0.294 e. The van der Waals surface area contributed by atoms with E-state index in [1.54, 1.807) is 24.3 Å². The Hall–Kier alpha value is -2.11. The Morgan fingerprint density at radius 2 is 1.89 bits per heavy atom. The van der Waals surface area contributed by atoms with Crippen LogP contribution in [0.1, 0.15) is 27.9 Å². The third kappa shape index (κ3) is 3.67. The first-order valence-corrected chi connectivity index (χ1v) is 6.34. The van der Waals surface area contributed by atoms with E-state index in [0.717, 1.165) is 5.56 Å². The van der Waals surface area contributed by atoms with Crippen LogP contribution in [-0.2, 0) is 6.42 Å². The predicted molar refractivity (Wildman–Crippen MR) is 75.3 cm³/mol. The van der Waals surface area contributed by atoms with Crippen molar-refractivity contribution in [3.8, 4) is 6.07 Å². The monoisotopic (exact) mass is 269 g/mol. The van der Waals surface area contributed by atoms with Crippen molar-refractivity contribution >= 4 is 17.4 Å². The maximum Gasteiger partial charge on any atom is 0.163 e. The quantitative estimate of drug-likeness (QED) is 0.787. The highest BCUT2D eigenvalue weighted by Crippen LogP contribution is 2.13. The molecule has 0 aromatic heterocycles. The molecule has 0 aliphatic rings. The summed E-state index contributed by atoms with van der Waals surface area (Å²) in [6, 6.07) is 16.3. The largest absolute Gasteiger partial charge is 0.294 e. The van der Waals surface area contributed by atoms with Gasteiger partial charge in [0.1, 0.15) is 0 Å².